The van der Waals surface area contributed by atoms with Gasteiger partial charge in [-0.3, -0.25) is 4.98 Å². The minimum Gasteiger partial charge on any atom is -0.255 e. The minimum absolute atomic E-state index is 0.640. The van der Waals surface area contributed by atoms with Gasteiger partial charge in [-0.25, -0.2) is 9.97 Å². The molecule has 0 bridgehead atoms. The van der Waals surface area contributed by atoms with E-state index in [1.54, 1.807) is 0 Å². The van der Waals surface area contributed by atoms with Crippen LogP contribution in [0, 0.1) is 13.8 Å². The van der Waals surface area contributed by atoms with Gasteiger partial charge in [-0.2, -0.15) is 0 Å². The van der Waals surface area contributed by atoms with Crippen LogP contribution in [0.2, 0.25) is 0 Å². The Morgan fingerprint density at radius 3 is 1.45 bits per heavy atom. The van der Waals surface area contributed by atoms with Gasteiger partial charge in [0.1, 0.15) is 0 Å². The van der Waals surface area contributed by atoms with E-state index in [4.69, 9.17) is 15.0 Å². The van der Waals surface area contributed by atoms with Crippen molar-refractivity contribution in [1.29, 1.82) is 0 Å². The molecule has 3 nitrogen and oxygen atoms in total. The lowest BCUT2D eigenvalue weighted by atomic mass is 9.87. The number of aromatic nitrogens is 3. The number of aryl methyl sites for hydroxylation is 2. The summed E-state index contributed by atoms with van der Waals surface area (Å²) in [6, 6.07) is 68.5. The Hall–Kier alpha value is -7.23. The molecule has 9 rings (SSSR count). The van der Waals surface area contributed by atoms with Gasteiger partial charge in [0.15, 0.2) is 5.82 Å². The van der Waals surface area contributed by atoms with Gasteiger partial charge in [-0.15, -0.1) is 0 Å². The maximum atomic E-state index is 5.04. The Balaban J connectivity index is 1.16. The van der Waals surface area contributed by atoms with E-state index in [1.165, 1.54) is 44.5 Å². The van der Waals surface area contributed by atoms with Gasteiger partial charge >= 0.3 is 0 Å². The second-order valence-corrected chi connectivity index (χ2v) is 14.3. The zero-order valence-electron chi connectivity index (χ0n) is 31.4. The fourth-order valence-corrected chi connectivity index (χ4v) is 7.56. The molecule has 0 amide bonds. The topological polar surface area (TPSA) is 38.7 Å². The molecule has 0 spiro atoms. The Kier molecular flexibility index (Phi) is 9.41. The van der Waals surface area contributed by atoms with Crippen LogP contribution in [0.4, 0.5) is 0 Å². The molecule has 3 heteroatoms. The molecule has 0 aliphatic heterocycles. The molecule has 56 heavy (non-hydrogen) atoms. The van der Waals surface area contributed by atoms with Crippen molar-refractivity contribution in [2.45, 2.75) is 13.8 Å². The van der Waals surface area contributed by atoms with E-state index in [1.807, 2.05) is 42.6 Å². The molecule has 0 unspecified atom stereocenters. The van der Waals surface area contributed by atoms with Crippen molar-refractivity contribution >= 4 is 0 Å². The van der Waals surface area contributed by atoms with Crippen molar-refractivity contribution in [1.82, 2.24) is 15.0 Å². The van der Waals surface area contributed by atoms with Crippen molar-refractivity contribution in [2.75, 3.05) is 0 Å². The molecule has 2 heterocycles. The molecule has 0 saturated heterocycles. The minimum atomic E-state index is 0.640. The molecule has 0 N–H and O–H groups in total. The molecular weight excluding hydrogens is 679 g/mol. The second kappa shape index (κ2) is 15.3. The third-order valence-electron chi connectivity index (χ3n) is 10.2. The number of pyridine rings is 1. The van der Waals surface area contributed by atoms with Gasteiger partial charge in [-0.05, 0) is 88.7 Å². The Morgan fingerprint density at radius 1 is 0.286 bits per heavy atom. The maximum absolute atomic E-state index is 5.04. The molecular formula is C53H39N3. The van der Waals surface area contributed by atoms with Crippen molar-refractivity contribution in [3.63, 3.8) is 0 Å². The van der Waals surface area contributed by atoms with Crippen LogP contribution in [-0.2, 0) is 0 Å². The third-order valence-corrected chi connectivity index (χ3v) is 10.2. The lowest BCUT2D eigenvalue weighted by Crippen LogP contribution is -1.97. The smallest absolute Gasteiger partial charge is 0.161 e. The third kappa shape index (κ3) is 7.19. The van der Waals surface area contributed by atoms with Gasteiger partial charge in [0, 0.05) is 28.5 Å². The molecule has 0 radical (unpaired) electrons. The predicted octanol–water partition coefficient (Wildman–Crippen LogP) is 13.8. The van der Waals surface area contributed by atoms with Crippen LogP contribution in [0.1, 0.15) is 11.1 Å². The SMILES string of the molecule is Cc1cc(C)cc(-c2ccccc2-c2ccc(-c3ccc(-c4nc(-c5ccccc5)cc(-c5ccccc5)n4)cn3)cc2-c2cccc(-c3ccccc3)c2)c1. The number of hydrogen-bond donors (Lipinski definition) is 0. The monoisotopic (exact) mass is 717 g/mol. The van der Waals surface area contributed by atoms with E-state index < -0.39 is 0 Å². The summed E-state index contributed by atoms with van der Waals surface area (Å²) in [6.45, 7) is 4.34. The second-order valence-electron chi connectivity index (χ2n) is 14.3. The summed E-state index contributed by atoms with van der Waals surface area (Å²) in [5.41, 5.74) is 18.6. The van der Waals surface area contributed by atoms with Crippen molar-refractivity contribution in [2.24, 2.45) is 0 Å². The van der Waals surface area contributed by atoms with Crippen molar-refractivity contribution in [3.8, 4) is 89.7 Å². The van der Waals surface area contributed by atoms with Crippen LogP contribution in [-0.4, -0.2) is 15.0 Å². The summed E-state index contributed by atoms with van der Waals surface area (Å²) < 4.78 is 0. The van der Waals surface area contributed by atoms with Crippen LogP contribution in [0.5, 0.6) is 0 Å². The van der Waals surface area contributed by atoms with Gasteiger partial charge in [0.2, 0.25) is 0 Å². The fourth-order valence-electron chi connectivity index (χ4n) is 7.56. The molecule has 2 aromatic heterocycles. The Labute approximate surface area is 328 Å². The first kappa shape index (κ1) is 34.5. The first-order chi connectivity index (χ1) is 27.6. The predicted molar refractivity (Wildman–Crippen MR) is 233 cm³/mol. The first-order valence-electron chi connectivity index (χ1n) is 19.0. The van der Waals surface area contributed by atoms with Crippen LogP contribution in [0.3, 0.4) is 0 Å². The lowest BCUT2D eigenvalue weighted by Gasteiger charge is -2.17. The highest BCUT2D eigenvalue weighted by atomic mass is 14.9. The van der Waals surface area contributed by atoms with E-state index in [0.29, 0.717) is 5.82 Å². The number of nitrogens with zero attached hydrogens (tertiary/aromatic N) is 3. The number of hydrogen-bond acceptors (Lipinski definition) is 3. The highest BCUT2D eigenvalue weighted by molar-refractivity contribution is 5.94. The van der Waals surface area contributed by atoms with E-state index in [2.05, 4.69) is 172 Å². The molecule has 0 atom stereocenters. The highest BCUT2D eigenvalue weighted by Gasteiger charge is 2.17. The number of benzene rings is 7. The molecule has 0 aliphatic rings. The number of rotatable bonds is 8. The highest BCUT2D eigenvalue weighted by Crippen LogP contribution is 2.41. The van der Waals surface area contributed by atoms with Crippen LogP contribution in [0.25, 0.3) is 89.7 Å². The fraction of sp³-hybridized carbons (Fsp3) is 0.0377. The summed E-state index contributed by atoms with van der Waals surface area (Å²) in [5.74, 6) is 0.640. The summed E-state index contributed by atoms with van der Waals surface area (Å²) in [6.07, 6.45) is 1.90. The Morgan fingerprint density at radius 2 is 0.821 bits per heavy atom. The molecule has 0 aliphatic carbocycles. The molecule has 7 aromatic carbocycles. The average molecular weight is 718 g/mol. The van der Waals surface area contributed by atoms with Gasteiger partial charge in [0.25, 0.3) is 0 Å². The molecule has 0 fully saturated rings. The van der Waals surface area contributed by atoms with Gasteiger partial charge in [0.05, 0.1) is 17.1 Å². The summed E-state index contributed by atoms with van der Waals surface area (Å²) in [4.78, 5) is 15.1. The normalized spacial score (nSPS) is 11.0. The summed E-state index contributed by atoms with van der Waals surface area (Å²) in [5, 5.41) is 0. The van der Waals surface area contributed by atoms with E-state index in [-0.39, 0.29) is 0 Å². The lowest BCUT2D eigenvalue weighted by molar-refractivity contribution is 1.17. The van der Waals surface area contributed by atoms with Crippen LogP contribution < -0.4 is 0 Å². The van der Waals surface area contributed by atoms with Crippen LogP contribution in [0.15, 0.2) is 200 Å². The van der Waals surface area contributed by atoms with Gasteiger partial charge < -0.3 is 0 Å². The standard InChI is InChI=1S/C53H39N3/c1-36-29-37(2)31-45(30-36)46-23-12-13-24-47(46)48-27-25-43(33-49(48)42-22-14-21-41(32-42)38-15-6-3-7-16-38)50-28-26-44(35-54-50)53-55-51(39-17-8-4-9-18-39)34-52(56-53)40-19-10-5-11-20-40/h3-35H,1-2H3. The first-order valence-corrected chi connectivity index (χ1v) is 19.0. The van der Waals surface area contributed by atoms with Crippen molar-refractivity contribution < 1.29 is 0 Å². The zero-order valence-corrected chi connectivity index (χ0v) is 31.4. The zero-order chi connectivity index (χ0) is 37.8. The van der Waals surface area contributed by atoms with Crippen molar-refractivity contribution in [3.05, 3.63) is 211 Å². The van der Waals surface area contributed by atoms with E-state index >= 15 is 0 Å². The molecule has 0 saturated carbocycles. The van der Waals surface area contributed by atoms with Gasteiger partial charge in [-0.1, -0.05) is 175 Å². The summed E-state index contributed by atoms with van der Waals surface area (Å²) >= 11 is 0. The molecule has 9 aromatic rings. The quantitative estimate of drug-likeness (QED) is 0.157. The average Bonchev–Trinajstić information content (AvgIpc) is 3.27. The largest absolute Gasteiger partial charge is 0.255 e. The van der Waals surface area contributed by atoms with Crippen LogP contribution >= 0.6 is 0 Å². The Bertz CT molecular complexity index is 2710. The van der Waals surface area contributed by atoms with E-state index in [0.717, 1.165) is 50.5 Å². The van der Waals surface area contributed by atoms with E-state index in [9.17, 15) is 0 Å². The molecule has 266 valence electrons. The maximum Gasteiger partial charge on any atom is 0.161 e. The summed E-state index contributed by atoms with van der Waals surface area (Å²) in [7, 11) is 0.